The number of hydrogen-bond acceptors (Lipinski definition) is 6. The van der Waals surface area contributed by atoms with E-state index in [1.165, 1.54) is 103 Å². The molecule has 350 valence electrons. The zero-order valence-electron chi connectivity index (χ0n) is 39.9. The van der Waals surface area contributed by atoms with E-state index in [0.29, 0.717) is 19.3 Å². The Morgan fingerprint density at radius 2 is 0.656 bits per heavy atom. The van der Waals surface area contributed by atoms with Crippen LogP contribution < -0.4 is 0 Å². The highest BCUT2D eigenvalue weighted by atomic mass is 16.6. The summed E-state index contributed by atoms with van der Waals surface area (Å²) in [7, 11) is 0. The number of unbranched alkanes of at least 4 members (excludes halogenated alkanes) is 22. The predicted octanol–water partition coefficient (Wildman–Crippen LogP) is 16.6. The highest BCUT2D eigenvalue weighted by Gasteiger charge is 2.19. The molecule has 0 aromatic carbocycles. The van der Waals surface area contributed by atoms with Crippen molar-refractivity contribution in [3.05, 3.63) is 72.9 Å². The molecule has 1 atom stereocenters. The molecule has 6 heteroatoms. The monoisotopic (exact) mass is 851 g/mol. The number of carbonyl (C=O) groups is 3. The van der Waals surface area contributed by atoms with Crippen molar-refractivity contribution >= 4 is 17.9 Å². The SMILES string of the molecule is CC/C=C\C/C=C\C/C=C\C/C=C\C/C=C\CCCC(=O)OCC(COC(=O)CCCCCCCCCCCCCCC)OC(=O)CCCCCCC/C=C\CCCCCC. The van der Waals surface area contributed by atoms with Crippen molar-refractivity contribution in [3.8, 4) is 0 Å². The van der Waals surface area contributed by atoms with Gasteiger partial charge in [0, 0.05) is 19.3 Å². The fraction of sp³-hybridized carbons (Fsp3) is 0.727. The number of hydrogen-bond donors (Lipinski definition) is 0. The Morgan fingerprint density at radius 3 is 1.10 bits per heavy atom. The first-order valence-corrected chi connectivity index (χ1v) is 25.4. The topological polar surface area (TPSA) is 78.9 Å². The van der Waals surface area contributed by atoms with Crippen LogP contribution in [0.15, 0.2) is 72.9 Å². The molecule has 0 radical (unpaired) electrons. The van der Waals surface area contributed by atoms with Crippen molar-refractivity contribution in [1.82, 2.24) is 0 Å². The first-order chi connectivity index (χ1) is 30.0. The molecule has 0 rings (SSSR count). The normalized spacial score (nSPS) is 12.6. The van der Waals surface area contributed by atoms with E-state index in [1.54, 1.807) is 0 Å². The highest BCUT2D eigenvalue weighted by molar-refractivity contribution is 5.71. The van der Waals surface area contributed by atoms with Crippen LogP contribution >= 0.6 is 0 Å². The molecule has 6 nitrogen and oxygen atoms in total. The summed E-state index contributed by atoms with van der Waals surface area (Å²) in [5, 5.41) is 0. The fourth-order valence-corrected chi connectivity index (χ4v) is 6.88. The lowest BCUT2D eigenvalue weighted by atomic mass is 10.0. The lowest BCUT2D eigenvalue weighted by molar-refractivity contribution is -0.167. The van der Waals surface area contributed by atoms with Crippen molar-refractivity contribution in [1.29, 1.82) is 0 Å². The van der Waals surface area contributed by atoms with Crippen LogP contribution in [0.5, 0.6) is 0 Å². The van der Waals surface area contributed by atoms with Crippen LogP contribution in [0.25, 0.3) is 0 Å². The lowest BCUT2D eigenvalue weighted by Crippen LogP contribution is -2.30. The summed E-state index contributed by atoms with van der Waals surface area (Å²) in [6.45, 7) is 6.45. The molecule has 0 saturated heterocycles. The maximum atomic E-state index is 12.8. The van der Waals surface area contributed by atoms with Crippen LogP contribution in [0.2, 0.25) is 0 Å². The summed E-state index contributed by atoms with van der Waals surface area (Å²) in [5.74, 6) is -0.963. The Balaban J connectivity index is 4.47. The van der Waals surface area contributed by atoms with Gasteiger partial charge in [-0.2, -0.15) is 0 Å². The van der Waals surface area contributed by atoms with E-state index in [-0.39, 0.29) is 37.5 Å². The van der Waals surface area contributed by atoms with Gasteiger partial charge in [0.05, 0.1) is 0 Å². The molecule has 0 saturated carbocycles. The molecule has 0 amide bonds. The Hall–Kier alpha value is -3.15. The highest BCUT2D eigenvalue weighted by Crippen LogP contribution is 2.14. The molecule has 1 unspecified atom stereocenters. The van der Waals surface area contributed by atoms with Gasteiger partial charge in [-0.05, 0) is 83.5 Å². The van der Waals surface area contributed by atoms with Crippen LogP contribution in [0, 0.1) is 0 Å². The second-order valence-electron chi connectivity index (χ2n) is 16.7. The maximum Gasteiger partial charge on any atom is 0.306 e. The Labute approximate surface area is 376 Å². The number of ether oxygens (including phenoxy) is 3. The Morgan fingerprint density at radius 1 is 0.344 bits per heavy atom. The van der Waals surface area contributed by atoms with E-state index in [0.717, 1.165) is 89.9 Å². The number of carbonyl (C=O) groups excluding carboxylic acids is 3. The Bertz CT molecular complexity index is 1160. The van der Waals surface area contributed by atoms with Crippen molar-refractivity contribution in [3.63, 3.8) is 0 Å². The van der Waals surface area contributed by atoms with Gasteiger partial charge in [0.15, 0.2) is 6.10 Å². The van der Waals surface area contributed by atoms with E-state index in [2.05, 4.69) is 93.7 Å². The van der Waals surface area contributed by atoms with Crippen LogP contribution in [-0.2, 0) is 28.6 Å². The number of esters is 3. The van der Waals surface area contributed by atoms with Gasteiger partial charge in [-0.1, -0.05) is 209 Å². The molecule has 0 bridgehead atoms. The van der Waals surface area contributed by atoms with Crippen LogP contribution in [0.3, 0.4) is 0 Å². The van der Waals surface area contributed by atoms with E-state index >= 15 is 0 Å². The molecule has 0 aliphatic rings. The average Bonchev–Trinajstić information content (AvgIpc) is 3.26. The van der Waals surface area contributed by atoms with Gasteiger partial charge in [0.1, 0.15) is 13.2 Å². The fourth-order valence-electron chi connectivity index (χ4n) is 6.88. The number of allylic oxidation sites excluding steroid dienone is 12. The average molecular weight is 851 g/mol. The van der Waals surface area contributed by atoms with Crippen molar-refractivity contribution in [2.45, 2.75) is 245 Å². The van der Waals surface area contributed by atoms with Gasteiger partial charge >= 0.3 is 17.9 Å². The van der Waals surface area contributed by atoms with Gasteiger partial charge in [-0.15, -0.1) is 0 Å². The quantitative estimate of drug-likeness (QED) is 0.0263. The maximum absolute atomic E-state index is 12.8. The summed E-state index contributed by atoms with van der Waals surface area (Å²) >= 11 is 0. The summed E-state index contributed by atoms with van der Waals surface area (Å²) in [6, 6.07) is 0. The largest absolute Gasteiger partial charge is 0.462 e. The standard InChI is InChI=1S/C55H94O6/c1-4-7-10-13-16-19-22-25-26-27-28-31-33-36-39-42-45-48-54(57)60-51-52(61-55(58)49-46-43-40-37-34-30-24-21-18-15-12-9-6-3)50-59-53(56)47-44-41-38-35-32-29-23-20-17-14-11-8-5-2/h7,10,16,19,21,24-26,28,31,36,39,52H,4-6,8-9,11-15,17-18,20,22-23,27,29-30,32-35,37-38,40-51H2,1-3H3/b10-7-,19-16-,24-21-,26-25-,31-28-,39-36-. The third-order valence-corrected chi connectivity index (χ3v) is 10.7. The van der Waals surface area contributed by atoms with Crippen molar-refractivity contribution < 1.29 is 28.6 Å². The second kappa shape index (κ2) is 49.5. The van der Waals surface area contributed by atoms with Crippen LogP contribution in [0.1, 0.15) is 239 Å². The minimum absolute atomic E-state index is 0.0948. The molecule has 0 aliphatic heterocycles. The second-order valence-corrected chi connectivity index (χ2v) is 16.7. The van der Waals surface area contributed by atoms with Gasteiger partial charge < -0.3 is 14.2 Å². The molecular formula is C55H94O6. The summed E-state index contributed by atoms with van der Waals surface area (Å²) < 4.78 is 16.7. The molecular weight excluding hydrogens is 757 g/mol. The molecule has 0 heterocycles. The molecule has 0 spiro atoms. The van der Waals surface area contributed by atoms with E-state index in [9.17, 15) is 14.4 Å². The van der Waals surface area contributed by atoms with Gasteiger partial charge in [0.2, 0.25) is 0 Å². The minimum atomic E-state index is -0.799. The third-order valence-electron chi connectivity index (χ3n) is 10.7. The van der Waals surface area contributed by atoms with E-state index in [4.69, 9.17) is 14.2 Å². The Kier molecular flexibility index (Phi) is 46.9. The molecule has 0 aromatic heterocycles. The van der Waals surface area contributed by atoms with Gasteiger partial charge in [-0.25, -0.2) is 0 Å². The molecule has 61 heavy (non-hydrogen) atoms. The lowest BCUT2D eigenvalue weighted by Gasteiger charge is -2.18. The summed E-state index contributed by atoms with van der Waals surface area (Å²) in [6.07, 6.45) is 61.7. The van der Waals surface area contributed by atoms with Crippen molar-refractivity contribution in [2.75, 3.05) is 13.2 Å². The van der Waals surface area contributed by atoms with Gasteiger partial charge in [-0.3, -0.25) is 14.4 Å². The number of rotatable bonds is 45. The minimum Gasteiger partial charge on any atom is -0.462 e. The van der Waals surface area contributed by atoms with Crippen molar-refractivity contribution in [2.24, 2.45) is 0 Å². The van der Waals surface area contributed by atoms with Crippen LogP contribution in [0.4, 0.5) is 0 Å². The molecule has 0 aliphatic carbocycles. The summed E-state index contributed by atoms with van der Waals surface area (Å²) in [5.41, 5.74) is 0. The third kappa shape index (κ3) is 47.7. The smallest absolute Gasteiger partial charge is 0.306 e. The molecule has 0 fully saturated rings. The molecule has 0 N–H and O–H groups in total. The van der Waals surface area contributed by atoms with E-state index in [1.807, 2.05) is 0 Å². The van der Waals surface area contributed by atoms with Gasteiger partial charge in [0.25, 0.3) is 0 Å². The summed E-state index contributed by atoms with van der Waals surface area (Å²) in [4.78, 5) is 37.9. The zero-order valence-corrected chi connectivity index (χ0v) is 39.9. The zero-order chi connectivity index (χ0) is 44.4. The van der Waals surface area contributed by atoms with Crippen LogP contribution in [-0.4, -0.2) is 37.2 Å². The van der Waals surface area contributed by atoms with E-state index < -0.39 is 6.10 Å². The molecule has 0 aromatic rings. The first-order valence-electron chi connectivity index (χ1n) is 25.4. The first kappa shape index (κ1) is 57.9. The predicted molar refractivity (Wildman–Crippen MR) is 261 cm³/mol.